The van der Waals surface area contributed by atoms with Gasteiger partial charge in [0, 0.05) is 17.8 Å². The lowest BCUT2D eigenvalue weighted by atomic mass is 9.89. The Hall–Kier alpha value is -1.75. The third kappa shape index (κ3) is 2.26. The van der Waals surface area contributed by atoms with Crippen LogP contribution in [0.15, 0.2) is 28.9 Å². The van der Waals surface area contributed by atoms with E-state index < -0.39 is 0 Å². The van der Waals surface area contributed by atoms with Gasteiger partial charge in [-0.15, -0.1) is 0 Å². The van der Waals surface area contributed by atoms with Gasteiger partial charge in [-0.3, -0.25) is 4.98 Å². The van der Waals surface area contributed by atoms with Crippen molar-refractivity contribution in [3.05, 3.63) is 41.8 Å². The average molecular weight is 244 g/mol. The minimum atomic E-state index is 0.330. The molecule has 0 radical (unpaired) electrons. The van der Waals surface area contributed by atoms with Crippen molar-refractivity contribution in [2.75, 3.05) is 13.1 Å². The van der Waals surface area contributed by atoms with E-state index in [0.717, 1.165) is 24.7 Å². The Morgan fingerprint density at radius 3 is 3.00 bits per heavy atom. The Kier molecular flexibility index (Phi) is 3.06. The summed E-state index contributed by atoms with van der Waals surface area (Å²) in [6.07, 6.45) is 2.40. The van der Waals surface area contributed by atoms with E-state index in [1.54, 1.807) is 6.20 Å². The van der Waals surface area contributed by atoms with Crippen LogP contribution >= 0.6 is 0 Å². The van der Waals surface area contributed by atoms with Gasteiger partial charge in [0.2, 0.25) is 5.89 Å². The summed E-state index contributed by atoms with van der Waals surface area (Å²) >= 11 is 0. The molecular formula is C13H16N4O. The normalized spacial score (nSPS) is 17.4. The van der Waals surface area contributed by atoms with E-state index in [-0.39, 0.29) is 0 Å². The minimum absolute atomic E-state index is 0.330. The second-order valence-corrected chi connectivity index (χ2v) is 4.75. The molecule has 1 aliphatic rings. The predicted molar refractivity (Wildman–Crippen MR) is 66.1 cm³/mol. The van der Waals surface area contributed by atoms with Crippen LogP contribution in [0.1, 0.15) is 30.3 Å². The maximum Gasteiger partial charge on any atom is 0.229 e. The molecule has 0 aliphatic carbocycles. The summed E-state index contributed by atoms with van der Waals surface area (Å²) in [5, 5.41) is 7.29. The van der Waals surface area contributed by atoms with Crippen LogP contribution in [0.2, 0.25) is 0 Å². The zero-order valence-electron chi connectivity index (χ0n) is 10.3. The molecule has 94 valence electrons. The van der Waals surface area contributed by atoms with Crippen molar-refractivity contribution in [1.29, 1.82) is 0 Å². The second kappa shape index (κ2) is 4.86. The van der Waals surface area contributed by atoms with Crippen LogP contribution in [0.25, 0.3) is 0 Å². The zero-order valence-corrected chi connectivity index (χ0v) is 10.3. The van der Waals surface area contributed by atoms with Crippen molar-refractivity contribution in [2.24, 2.45) is 5.92 Å². The van der Waals surface area contributed by atoms with Crippen LogP contribution in [0.3, 0.4) is 0 Å². The number of pyridine rings is 1. The quantitative estimate of drug-likeness (QED) is 0.880. The van der Waals surface area contributed by atoms with E-state index in [1.165, 1.54) is 0 Å². The van der Waals surface area contributed by atoms with Gasteiger partial charge in [-0.25, -0.2) is 0 Å². The average Bonchev–Trinajstić information content (AvgIpc) is 2.76. The highest BCUT2D eigenvalue weighted by Gasteiger charge is 2.28. The smallest absolute Gasteiger partial charge is 0.229 e. The van der Waals surface area contributed by atoms with Crippen LogP contribution in [-0.4, -0.2) is 28.2 Å². The number of nitrogens with zero attached hydrogens (tertiary/aromatic N) is 3. The largest absolute Gasteiger partial charge is 0.339 e. The molecule has 1 atom stereocenters. The van der Waals surface area contributed by atoms with Crippen LogP contribution < -0.4 is 5.32 Å². The molecule has 5 heteroatoms. The highest BCUT2D eigenvalue weighted by Crippen LogP contribution is 2.25. The van der Waals surface area contributed by atoms with Crippen molar-refractivity contribution in [3.8, 4) is 0 Å². The molecule has 0 spiro atoms. The summed E-state index contributed by atoms with van der Waals surface area (Å²) in [4.78, 5) is 8.72. The standard InChI is InChI=1S/C13H16N4O/c1-9(10-7-14-8-10)13-16-12(17-18-13)6-11-4-2-3-5-15-11/h2-5,9-10,14H,6-8H2,1H3. The molecule has 1 unspecified atom stereocenters. The second-order valence-electron chi connectivity index (χ2n) is 4.75. The molecule has 1 aliphatic heterocycles. The molecule has 18 heavy (non-hydrogen) atoms. The van der Waals surface area contributed by atoms with Gasteiger partial charge < -0.3 is 9.84 Å². The first kappa shape index (κ1) is 11.3. The molecular weight excluding hydrogens is 228 g/mol. The first-order chi connectivity index (χ1) is 8.83. The van der Waals surface area contributed by atoms with Gasteiger partial charge in [0.15, 0.2) is 5.82 Å². The van der Waals surface area contributed by atoms with Gasteiger partial charge in [0.05, 0.1) is 6.42 Å². The van der Waals surface area contributed by atoms with Crippen molar-refractivity contribution in [3.63, 3.8) is 0 Å². The van der Waals surface area contributed by atoms with Gasteiger partial charge in [-0.05, 0) is 31.1 Å². The molecule has 1 fully saturated rings. The fourth-order valence-electron chi connectivity index (χ4n) is 2.06. The molecule has 0 aromatic carbocycles. The molecule has 2 aromatic rings. The number of hydrogen-bond donors (Lipinski definition) is 1. The van der Waals surface area contributed by atoms with E-state index in [4.69, 9.17) is 4.52 Å². The predicted octanol–water partition coefficient (Wildman–Crippen LogP) is 1.38. The van der Waals surface area contributed by atoms with Crippen molar-refractivity contribution < 1.29 is 4.52 Å². The minimum Gasteiger partial charge on any atom is -0.339 e. The Bertz CT molecular complexity index is 507. The van der Waals surface area contributed by atoms with Gasteiger partial charge in [0.25, 0.3) is 0 Å². The van der Waals surface area contributed by atoms with E-state index >= 15 is 0 Å². The van der Waals surface area contributed by atoms with Gasteiger partial charge in [0.1, 0.15) is 0 Å². The number of aromatic nitrogens is 3. The number of rotatable bonds is 4. The molecule has 0 bridgehead atoms. The summed E-state index contributed by atoms with van der Waals surface area (Å²) in [7, 11) is 0. The first-order valence-electron chi connectivity index (χ1n) is 6.26. The van der Waals surface area contributed by atoms with Crippen LogP contribution in [-0.2, 0) is 6.42 Å². The summed E-state index contributed by atoms with van der Waals surface area (Å²) < 4.78 is 5.34. The van der Waals surface area contributed by atoms with Crippen molar-refractivity contribution >= 4 is 0 Å². The molecule has 0 saturated carbocycles. The van der Waals surface area contributed by atoms with Crippen molar-refractivity contribution in [2.45, 2.75) is 19.3 Å². The maximum atomic E-state index is 5.34. The lowest BCUT2D eigenvalue weighted by Gasteiger charge is -2.30. The molecule has 0 amide bonds. The number of nitrogens with one attached hydrogen (secondary N) is 1. The third-order valence-electron chi connectivity index (χ3n) is 3.46. The Labute approximate surface area is 106 Å². The van der Waals surface area contributed by atoms with Crippen molar-refractivity contribution in [1.82, 2.24) is 20.4 Å². The van der Waals surface area contributed by atoms with Gasteiger partial charge >= 0.3 is 0 Å². The Morgan fingerprint density at radius 2 is 2.33 bits per heavy atom. The summed E-state index contributed by atoms with van der Waals surface area (Å²) in [6.45, 7) is 4.22. The topological polar surface area (TPSA) is 63.8 Å². The monoisotopic (exact) mass is 244 g/mol. The Balaban J connectivity index is 1.69. The van der Waals surface area contributed by atoms with Gasteiger partial charge in [-0.1, -0.05) is 18.1 Å². The first-order valence-corrected chi connectivity index (χ1v) is 6.26. The molecule has 3 rings (SSSR count). The molecule has 2 aromatic heterocycles. The van der Waals surface area contributed by atoms with Crippen LogP contribution in [0.4, 0.5) is 0 Å². The highest BCUT2D eigenvalue weighted by atomic mass is 16.5. The fourth-order valence-corrected chi connectivity index (χ4v) is 2.06. The Morgan fingerprint density at radius 1 is 1.44 bits per heavy atom. The van der Waals surface area contributed by atoms with E-state index in [0.29, 0.717) is 24.1 Å². The van der Waals surface area contributed by atoms with E-state index in [1.807, 2.05) is 18.2 Å². The van der Waals surface area contributed by atoms with Crippen LogP contribution in [0, 0.1) is 5.92 Å². The lowest BCUT2D eigenvalue weighted by molar-refractivity contribution is 0.252. The summed E-state index contributed by atoms with van der Waals surface area (Å²) in [6, 6.07) is 5.83. The zero-order chi connectivity index (χ0) is 12.4. The molecule has 1 saturated heterocycles. The molecule has 3 heterocycles. The van der Waals surface area contributed by atoms with E-state index in [9.17, 15) is 0 Å². The summed E-state index contributed by atoms with van der Waals surface area (Å²) in [5.41, 5.74) is 0.961. The maximum absolute atomic E-state index is 5.34. The fraction of sp³-hybridized carbons (Fsp3) is 0.462. The van der Waals surface area contributed by atoms with Crippen LogP contribution in [0.5, 0.6) is 0 Å². The SMILES string of the molecule is CC(c1nc(Cc2ccccn2)no1)C1CNC1. The third-order valence-corrected chi connectivity index (χ3v) is 3.46. The molecule has 5 nitrogen and oxygen atoms in total. The summed E-state index contributed by atoms with van der Waals surface area (Å²) in [5.74, 6) is 2.40. The number of hydrogen-bond acceptors (Lipinski definition) is 5. The molecule has 1 N–H and O–H groups in total. The highest BCUT2D eigenvalue weighted by molar-refractivity contribution is 5.10. The van der Waals surface area contributed by atoms with Gasteiger partial charge in [-0.2, -0.15) is 4.98 Å². The lowest BCUT2D eigenvalue weighted by Crippen LogP contribution is -2.44. The van der Waals surface area contributed by atoms with E-state index in [2.05, 4.69) is 27.4 Å².